The second-order valence-electron chi connectivity index (χ2n) is 2.51. The molecular formula is C8H16N2O2. The second kappa shape index (κ2) is 6.67. The van der Waals surface area contributed by atoms with Crippen molar-refractivity contribution in [3.63, 3.8) is 0 Å². The van der Waals surface area contributed by atoms with E-state index in [-0.39, 0.29) is 0 Å². The van der Waals surface area contributed by atoms with Gasteiger partial charge in [0, 0.05) is 13.1 Å². The molecule has 70 valence electrons. The van der Waals surface area contributed by atoms with Gasteiger partial charge in [0.15, 0.2) is 0 Å². The van der Waals surface area contributed by atoms with Crippen molar-refractivity contribution >= 4 is 6.09 Å². The molecule has 0 aliphatic heterocycles. The standard InChI is InChI=1S/C8H16N2O2/c1-2-6-10(8(11)12)7-4-3-5-9/h2H,1,3-7,9H2,(H,11,12). The molecule has 0 aromatic carbocycles. The lowest BCUT2D eigenvalue weighted by Crippen LogP contribution is -2.30. The third-order valence-corrected chi connectivity index (χ3v) is 1.50. The quantitative estimate of drug-likeness (QED) is 0.462. The molecular weight excluding hydrogens is 156 g/mol. The Labute approximate surface area is 72.7 Å². The zero-order chi connectivity index (χ0) is 9.40. The van der Waals surface area contributed by atoms with Crippen LogP contribution in [0.15, 0.2) is 12.7 Å². The zero-order valence-electron chi connectivity index (χ0n) is 7.20. The van der Waals surface area contributed by atoms with Crippen LogP contribution in [0.3, 0.4) is 0 Å². The van der Waals surface area contributed by atoms with E-state index in [2.05, 4.69) is 6.58 Å². The van der Waals surface area contributed by atoms with Gasteiger partial charge in [-0.15, -0.1) is 6.58 Å². The van der Waals surface area contributed by atoms with Crippen LogP contribution >= 0.6 is 0 Å². The van der Waals surface area contributed by atoms with Gasteiger partial charge in [0.25, 0.3) is 0 Å². The molecule has 0 saturated heterocycles. The molecule has 0 aliphatic rings. The average Bonchev–Trinajstić information content (AvgIpc) is 2.03. The van der Waals surface area contributed by atoms with Crippen molar-refractivity contribution in [3.8, 4) is 0 Å². The van der Waals surface area contributed by atoms with Crippen LogP contribution in [0.1, 0.15) is 12.8 Å². The van der Waals surface area contributed by atoms with Crippen LogP contribution in [0.25, 0.3) is 0 Å². The summed E-state index contributed by atoms with van der Waals surface area (Å²) in [5.74, 6) is 0. The molecule has 0 aromatic rings. The fraction of sp³-hybridized carbons (Fsp3) is 0.625. The first kappa shape index (κ1) is 11.0. The maximum atomic E-state index is 10.5. The fourth-order valence-electron chi connectivity index (χ4n) is 0.868. The number of amides is 1. The van der Waals surface area contributed by atoms with Gasteiger partial charge in [-0.2, -0.15) is 0 Å². The van der Waals surface area contributed by atoms with Crippen molar-refractivity contribution in [1.29, 1.82) is 0 Å². The van der Waals surface area contributed by atoms with Gasteiger partial charge in [0.05, 0.1) is 0 Å². The monoisotopic (exact) mass is 172 g/mol. The summed E-state index contributed by atoms with van der Waals surface area (Å²) in [7, 11) is 0. The van der Waals surface area contributed by atoms with Gasteiger partial charge in [-0.25, -0.2) is 4.79 Å². The van der Waals surface area contributed by atoms with Crippen LogP contribution in [-0.4, -0.2) is 35.7 Å². The average molecular weight is 172 g/mol. The first-order valence-corrected chi connectivity index (χ1v) is 4.01. The van der Waals surface area contributed by atoms with Crippen molar-refractivity contribution in [1.82, 2.24) is 4.90 Å². The molecule has 0 unspecified atom stereocenters. The van der Waals surface area contributed by atoms with Crippen molar-refractivity contribution in [2.75, 3.05) is 19.6 Å². The summed E-state index contributed by atoms with van der Waals surface area (Å²) in [6.45, 7) is 5.02. The predicted octanol–water partition coefficient (Wildman–Crippen LogP) is 0.891. The van der Waals surface area contributed by atoms with Gasteiger partial charge in [-0.1, -0.05) is 6.08 Å². The van der Waals surface area contributed by atoms with E-state index in [9.17, 15) is 4.79 Å². The van der Waals surface area contributed by atoms with Crippen molar-refractivity contribution in [2.24, 2.45) is 5.73 Å². The highest BCUT2D eigenvalue weighted by atomic mass is 16.4. The van der Waals surface area contributed by atoms with E-state index in [1.165, 1.54) is 4.90 Å². The molecule has 1 amide bonds. The molecule has 0 spiro atoms. The lowest BCUT2D eigenvalue weighted by Gasteiger charge is -2.16. The Kier molecular flexibility index (Phi) is 6.09. The Hall–Kier alpha value is -1.03. The Balaban J connectivity index is 3.63. The first-order valence-electron chi connectivity index (χ1n) is 4.01. The van der Waals surface area contributed by atoms with E-state index in [1.807, 2.05) is 0 Å². The Morgan fingerprint density at radius 2 is 2.25 bits per heavy atom. The van der Waals surface area contributed by atoms with Crippen molar-refractivity contribution in [3.05, 3.63) is 12.7 Å². The molecule has 12 heavy (non-hydrogen) atoms. The summed E-state index contributed by atoms with van der Waals surface area (Å²) < 4.78 is 0. The first-order chi connectivity index (χ1) is 5.72. The van der Waals surface area contributed by atoms with Crippen molar-refractivity contribution in [2.45, 2.75) is 12.8 Å². The van der Waals surface area contributed by atoms with Crippen LogP contribution in [0.4, 0.5) is 4.79 Å². The van der Waals surface area contributed by atoms with Gasteiger partial charge >= 0.3 is 6.09 Å². The third-order valence-electron chi connectivity index (χ3n) is 1.50. The van der Waals surface area contributed by atoms with E-state index in [1.54, 1.807) is 6.08 Å². The third kappa shape index (κ3) is 4.73. The molecule has 0 aromatic heterocycles. The number of carboxylic acid groups (broad SMARTS) is 1. The second-order valence-corrected chi connectivity index (χ2v) is 2.51. The van der Waals surface area contributed by atoms with Gasteiger partial charge in [0.2, 0.25) is 0 Å². The van der Waals surface area contributed by atoms with Crippen LogP contribution in [0.2, 0.25) is 0 Å². The largest absolute Gasteiger partial charge is 0.465 e. The van der Waals surface area contributed by atoms with E-state index in [4.69, 9.17) is 10.8 Å². The number of carbonyl (C=O) groups is 1. The molecule has 0 bridgehead atoms. The summed E-state index contributed by atoms with van der Waals surface area (Å²) >= 11 is 0. The number of hydrogen-bond acceptors (Lipinski definition) is 2. The van der Waals surface area contributed by atoms with Gasteiger partial charge < -0.3 is 15.7 Å². The highest BCUT2D eigenvalue weighted by Crippen LogP contribution is 1.95. The Bertz CT molecular complexity index is 148. The van der Waals surface area contributed by atoms with E-state index in [0.717, 1.165) is 12.8 Å². The number of nitrogens with zero attached hydrogens (tertiary/aromatic N) is 1. The lowest BCUT2D eigenvalue weighted by molar-refractivity contribution is 0.149. The molecule has 0 atom stereocenters. The molecule has 0 heterocycles. The summed E-state index contributed by atoms with van der Waals surface area (Å²) in [5, 5.41) is 8.65. The molecule has 4 heteroatoms. The highest BCUT2D eigenvalue weighted by Gasteiger charge is 2.07. The van der Waals surface area contributed by atoms with Crippen LogP contribution in [0.5, 0.6) is 0 Å². The molecule has 3 N–H and O–H groups in total. The number of hydrogen-bond donors (Lipinski definition) is 2. The summed E-state index contributed by atoms with van der Waals surface area (Å²) in [6, 6.07) is 0. The maximum absolute atomic E-state index is 10.5. The van der Waals surface area contributed by atoms with Gasteiger partial charge in [-0.05, 0) is 19.4 Å². The van der Waals surface area contributed by atoms with Gasteiger partial charge in [-0.3, -0.25) is 0 Å². The Morgan fingerprint density at radius 3 is 2.67 bits per heavy atom. The Morgan fingerprint density at radius 1 is 1.58 bits per heavy atom. The van der Waals surface area contributed by atoms with Crippen molar-refractivity contribution < 1.29 is 9.90 Å². The smallest absolute Gasteiger partial charge is 0.407 e. The summed E-state index contributed by atoms with van der Waals surface area (Å²) in [6.07, 6.45) is 2.36. The minimum absolute atomic E-state index is 0.389. The van der Waals surface area contributed by atoms with E-state index in [0.29, 0.717) is 19.6 Å². The molecule has 0 saturated carbocycles. The molecule has 0 fully saturated rings. The van der Waals surface area contributed by atoms with Crippen LogP contribution in [-0.2, 0) is 0 Å². The normalized spacial score (nSPS) is 9.42. The maximum Gasteiger partial charge on any atom is 0.407 e. The van der Waals surface area contributed by atoms with E-state index < -0.39 is 6.09 Å². The molecule has 0 rings (SSSR count). The number of unbranched alkanes of at least 4 members (excludes halogenated alkanes) is 1. The highest BCUT2D eigenvalue weighted by molar-refractivity contribution is 5.65. The SMILES string of the molecule is C=CCN(CCCCN)C(=O)O. The topological polar surface area (TPSA) is 66.6 Å². The summed E-state index contributed by atoms with van der Waals surface area (Å²) in [4.78, 5) is 11.9. The number of rotatable bonds is 6. The van der Waals surface area contributed by atoms with Crippen LogP contribution in [0, 0.1) is 0 Å². The fourth-order valence-corrected chi connectivity index (χ4v) is 0.868. The minimum Gasteiger partial charge on any atom is -0.465 e. The zero-order valence-corrected chi connectivity index (χ0v) is 7.20. The van der Waals surface area contributed by atoms with Gasteiger partial charge in [0.1, 0.15) is 0 Å². The van der Waals surface area contributed by atoms with E-state index >= 15 is 0 Å². The summed E-state index contributed by atoms with van der Waals surface area (Å²) in [5.41, 5.74) is 5.28. The van der Waals surface area contributed by atoms with Crippen LogP contribution < -0.4 is 5.73 Å². The molecule has 4 nitrogen and oxygen atoms in total. The lowest BCUT2D eigenvalue weighted by atomic mass is 10.3. The number of nitrogens with two attached hydrogens (primary N) is 1. The minimum atomic E-state index is -0.896. The predicted molar refractivity (Wildman–Crippen MR) is 48.1 cm³/mol. The molecule has 0 aliphatic carbocycles. The molecule has 0 radical (unpaired) electrons.